The molecule has 3 unspecified atom stereocenters. The number of nitrogens with one attached hydrogen (secondary N) is 2. The number of hydrogen-bond donors (Lipinski definition) is 2. The lowest BCUT2D eigenvalue weighted by atomic mass is 9.88. The van der Waals surface area contributed by atoms with Crippen LogP contribution in [-0.2, 0) is 4.79 Å². The lowest BCUT2D eigenvalue weighted by Crippen LogP contribution is -2.41. The minimum absolute atomic E-state index is 0. The maximum atomic E-state index is 12.1. The molecule has 0 aromatic rings. The van der Waals surface area contributed by atoms with Gasteiger partial charge in [-0.05, 0) is 56.8 Å². The fourth-order valence-electron chi connectivity index (χ4n) is 3.66. The summed E-state index contributed by atoms with van der Waals surface area (Å²) in [6, 6.07) is 1.68. The molecule has 1 amide bonds. The molecule has 0 radical (unpaired) electrons. The van der Waals surface area contributed by atoms with Crippen molar-refractivity contribution in [1.82, 2.24) is 10.6 Å². The van der Waals surface area contributed by atoms with Gasteiger partial charge in [-0.1, -0.05) is 20.8 Å². The summed E-state index contributed by atoms with van der Waals surface area (Å²) in [7, 11) is 0. The predicted molar refractivity (Wildman–Crippen MR) is 90.8 cm³/mol. The third-order valence-corrected chi connectivity index (χ3v) is 4.78. The molecule has 2 N–H and O–H groups in total. The molecule has 2 aliphatic rings. The van der Waals surface area contributed by atoms with E-state index in [4.69, 9.17) is 0 Å². The van der Waals surface area contributed by atoms with Crippen molar-refractivity contribution in [3.63, 3.8) is 0 Å². The Bertz CT molecular complexity index is 328. The standard InChI is InChI=1S/C17H32N2O.ClH/c1-12(7-8-17(2,3)4)18-16(20)11-13-9-14-5-6-15(10-13)19-14;/h12-15,19H,5-11H2,1-4H3,(H,18,20);1H. The minimum atomic E-state index is 0. The van der Waals surface area contributed by atoms with Gasteiger partial charge in [0.2, 0.25) is 5.91 Å². The first-order chi connectivity index (χ1) is 9.32. The monoisotopic (exact) mass is 316 g/mol. The van der Waals surface area contributed by atoms with Gasteiger partial charge in [0.05, 0.1) is 0 Å². The first-order valence-corrected chi connectivity index (χ1v) is 8.37. The summed E-state index contributed by atoms with van der Waals surface area (Å²) in [5, 5.41) is 6.83. The highest BCUT2D eigenvalue weighted by Gasteiger charge is 2.34. The SMILES string of the molecule is CC(CCC(C)(C)C)NC(=O)CC1CC2CCC(C1)N2.Cl. The zero-order chi connectivity index (χ0) is 14.8. The number of hydrogen-bond acceptors (Lipinski definition) is 2. The molecule has 2 saturated heterocycles. The molecule has 2 fully saturated rings. The number of carbonyl (C=O) groups is 1. The van der Waals surface area contributed by atoms with Crippen molar-refractivity contribution >= 4 is 18.3 Å². The summed E-state index contributed by atoms with van der Waals surface area (Å²) in [4.78, 5) is 12.1. The van der Waals surface area contributed by atoms with E-state index < -0.39 is 0 Å². The molecule has 2 heterocycles. The summed E-state index contributed by atoms with van der Waals surface area (Å²) in [5.41, 5.74) is 0.354. The summed E-state index contributed by atoms with van der Waals surface area (Å²) in [6.07, 6.45) is 7.98. The molecular formula is C17H33ClN2O. The lowest BCUT2D eigenvalue weighted by Gasteiger charge is -2.29. The average Bonchev–Trinajstić information content (AvgIpc) is 2.65. The van der Waals surface area contributed by atoms with Gasteiger partial charge >= 0.3 is 0 Å². The van der Waals surface area contributed by atoms with Crippen LogP contribution in [0.15, 0.2) is 0 Å². The molecule has 0 saturated carbocycles. The molecule has 2 rings (SSSR count). The third kappa shape index (κ3) is 6.56. The molecule has 2 bridgehead atoms. The molecule has 4 heteroatoms. The molecule has 21 heavy (non-hydrogen) atoms. The quantitative estimate of drug-likeness (QED) is 0.812. The minimum Gasteiger partial charge on any atom is -0.354 e. The predicted octanol–water partition coefficient (Wildman–Crippen LogP) is 3.66. The van der Waals surface area contributed by atoms with Crippen LogP contribution in [0, 0.1) is 11.3 Å². The Hall–Kier alpha value is -0.280. The Balaban J connectivity index is 0.00000220. The first kappa shape index (κ1) is 18.8. The van der Waals surface area contributed by atoms with Crippen LogP contribution < -0.4 is 10.6 Å². The van der Waals surface area contributed by atoms with E-state index in [0.717, 1.165) is 19.3 Å². The van der Waals surface area contributed by atoms with Crippen LogP contribution in [0.4, 0.5) is 0 Å². The number of fused-ring (bicyclic) bond motifs is 2. The summed E-state index contributed by atoms with van der Waals surface area (Å²) >= 11 is 0. The normalized spacial score (nSPS) is 29.6. The van der Waals surface area contributed by atoms with Gasteiger partial charge in [0.25, 0.3) is 0 Å². The van der Waals surface area contributed by atoms with Crippen molar-refractivity contribution in [3.05, 3.63) is 0 Å². The van der Waals surface area contributed by atoms with Crippen molar-refractivity contribution in [2.45, 2.75) is 90.8 Å². The Kier molecular flexibility index (Phi) is 6.99. The molecule has 124 valence electrons. The van der Waals surface area contributed by atoms with Crippen LogP contribution in [0.1, 0.15) is 72.6 Å². The molecule has 0 aromatic heterocycles. The fourth-order valence-corrected chi connectivity index (χ4v) is 3.66. The third-order valence-electron chi connectivity index (χ3n) is 4.78. The van der Waals surface area contributed by atoms with Gasteiger partial charge < -0.3 is 10.6 Å². The molecule has 0 aromatic carbocycles. The molecule has 2 aliphatic heterocycles. The second-order valence-corrected chi connectivity index (χ2v) is 8.25. The van der Waals surface area contributed by atoms with Crippen molar-refractivity contribution in [1.29, 1.82) is 0 Å². The molecule has 3 atom stereocenters. The molecular weight excluding hydrogens is 284 g/mol. The number of piperidine rings is 1. The maximum Gasteiger partial charge on any atom is 0.220 e. The van der Waals surface area contributed by atoms with E-state index >= 15 is 0 Å². The topological polar surface area (TPSA) is 41.1 Å². The largest absolute Gasteiger partial charge is 0.354 e. The average molecular weight is 317 g/mol. The Morgan fingerprint density at radius 2 is 1.81 bits per heavy atom. The fraction of sp³-hybridized carbons (Fsp3) is 0.941. The van der Waals surface area contributed by atoms with Crippen molar-refractivity contribution in [2.75, 3.05) is 0 Å². The number of carbonyl (C=O) groups excluding carboxylic acids is 1. The summed E-state index contributed by atoms with van der Waals surface area (Å²) in [5.74, 6) is 0.862. The highest BCUT2D eigenvalue weighted by Crippen LogP contribution is 2.32. The van der Waals surface area contributed by atoms with E-state index in [0.29, 0.717) is 29.5 Å². The second-order valence-electron chi connectivity index (χ2n) is 8.25. The Morgan fingerprint density at radius 1 is 1.24 bits per heavy atom. The van der Waals surface area contributed by atoms with E-state index in [1.165, 1.54) is 25.7 Å². The van der Waals surface area contributed by atoms with Crippen LogP contribution in [0.3, 0.4) is 0 Å². The van der Waals surface area contributed by atoms with Crippen LogP contribution in [0.5, 0.6) is 0 Å². The zero-order valence-corrected chi connectivity index (χ0v) is 14.9. The van der Waals surface area contributed by atoms with E-state index in [-0.39, 0.29) is 18.3 Å². The van der Waals surface area contributed by atoms with Crippen LogP contribution in [0.2, 0.25) is 0 Å². The summed E-state index contributed by atoms with van der Waals surface area (Å²) < 4.78 is 0. The Labute approximate surface area is 136 Å². The highest BCUT2D eigenvalue weighted by molar-refractivity contribution is 5.85. The zero-order valence-electron chi connectivity index (χ0n) is 14.1. The maximum absolute atomic E-state index is 12.1. The lowest BCUT2D eigenvalue weighted by molar-refractivity contribution is -0.123. The number of amides is 1. The first-order valence-electron chi connectivity index (χ1n) is 8.37. The van der Waals surface area contributed by atoms with Gasteiger partial charge in [-0.25, -0.2) is 0 Å². The van der Waals surface area contributed by atoms with Crippen molar-refractivity contribution in [2.24, 2.45) is 11.3 Å². The van der Waals surface area contributed by atoms with Gasteiger partial charge in [0, 0.05) is 24.5 Å². The van der Waals surface area contributed by atoms with Crippen molar-refractivity contribution in [3.8, 4) is 0 Å². The molecule has 0 aliphatic carbocycles. The van der Waals surface area contributed by atoms with Crippen LogP contribution in [-0.4, -0.2) is 24.0 Å². The number of rotatable bonds is 5. The van der Waals surface area contributed by atoms with E-state index in [1.54, 1.807) is 0 Å². The Morgan fingerprint density at radius 3 is 2.33 bits per heavy atom. The van der Waals surface area contributed by atoms with E-state index in [1.807, 2.05) is 0 Å². The number of halogens is 1. The van der Waals surface area contributed by atoms with Crippen LogP contribution >= 0.6 is 12.4 Å². The van der Waals surface area contributed by atoms with Crippen LogP contribution in [0.25, 0.3) is 0 Å². The summed E-state index contributed by atoms with van der Waals surface area (Å²) in [6.45, 7) is 8.90. The van der Waals surface area contributed by atoms with E-state index in [2.05, 4.69) is 38.3 Å². The smallest absolute Gasteiger partial charge is 0.220 e. The second kappa shape index (κ2) is 7.82. The van der Waals surface area contributed by atoms with Gasteiger partial charge in [-0.3, -0.25) is 4.79 Å². The van der Waals surface area contributed by atoms with Crippen molar-refractivity contribution < 1.29 is 4.79 Å². The van der Waals surface area contributed by atoms with Gasteiger partial charge in [0.1, 0.15) is 0 Å². The van der Waals surface area contributed by atoms with E-state index in [9.17, 15) is 4.79 Å². The molecule has 0 spiro atoms. The van der Waals surface area contributed by atoms with Gasteiger partial charge in [-0.2, -0.15) is 0 Å². The highest BCUT2D eigenvalue weighted by atomic mass is 35.5. The van der Waals surface area contributed by atoms with Gasteiger partial charge in [-0.15, -0.1) is 12.4 Å². The van der Waals surface area contributed by atoms with Gasteiger partial charge in [0.15, 0.2) is 0 Å². The molecule has 3 nitrogen and oxygen atoms in total.